The first kappa shape index (κ1) is 10.6. The van der Waals surface area contributed by atoms with Gasteiger partial charge in [-0.1, -0.05) is 0 Å². The molecule has 12 heavy (non-hydrogen) atoms. The molecule has 0 saturated heterocycles. The summed E-state index contributed by atoms with van der Waals surface area (Å²) in [6.07, 6.45) is 0.0116. The first-order valence-electron chi connectivity index (χ1n) is 2.47. The molecule has 0 aliphatic rings. The van der Waals surface area contributed by atoms with Crippen molar-refractivity contribution < 1.29 is 27.7 Å². The Bertz CT molecular complexity index is 339. The molecule has 0 aromatic carbocycles. The smallest absolute Gasteiger partial charge is 0.329 e. The Labute approximate surface area is 67.2 Å². The molecule has 0 aliphatic carbocycles. The van der Waals surface area contributed by atoms with E-state index in [-0.39, 0.29) is 6.08 Å². The Morgan fingerprint density at radius 1 is 1.33 bits per heavy atom. The number of carbonyl (C=O) groups excluding carboxylic acids is 1. The van der Waals surface area contributed by atoms with Gasteiger partial charge in [0, 0.05) is 6.08 Å². The van der Waals surface area contributed by atoms with Crippen LogP contribution in [0.15, 0.2) is 11.0 Å². The lowest BCUT2D eigenvalue weighted by Gasteiger charge is -1.95. The number of nitrogens with two attached hydrogens (primary N) is 1. The molecule has 68 valence electrons. The predicted molar refractivity (Wildman–Crippen MR) is 36.5 cm³/mol. The SMILES string of the molecule is NC(=O)/C(=C\C(=O)O)S(=O)(=O)O. The molecule has 0 spiro atoms. The maximum Gasteiger partial charge on any atom is 0.329 e. The van der Waals surface area contributed by atoms with E-state index in [0.717, 1.165) is 0 Å². The van der Waals surface area contributed by atoms with Gasteiger partial charge in [0.25, 0.3) is 16.0 Å². The van der Waals surface area contributed by atoms with Crippen molar-refractivity contribution in [2.75, 3.05) is 0 Å². The molecule has 0 unspecified atom stereocenters. The summed E-state index contributed by atoms with van der Waals surface area (Å²) in [6, 6.07) is 0. The number of rotatable bonds is 3. The van der Waals surface area contributed by atoms with Crippen molar-refractivity contribution in [1.82, 2.24) is 0 Å². The fraction of sp³-hybridized carbons (Fsp3) is 0. The molecule has 0 rings (SSSR count). The summed E-state index contributed by atoms with van der Waals surface area (Å²) in [6.45, 7) is 0. The van der Waals surface area contributed by atoms with E-state index in [0.29, 0.717) is 0 Å². The van der Waals surface area contributed by atoms with Crippen LogP contribution in [-0.2, 0) is 19.7 Å². The van der Waals surface area contributed by atoms with Gasteiger partial charge in [0.1, 0.15) is 0 Å². The van der Waals surface area contributed by atoms with Gasteiger partial charge in [-0.05, 0) is 0 Å². The monoisotopic (exact) mass is 195 g/mol. The second-order valence-corrected chi connectivity index (χ2v) is 3.08. The minimum Gasteiger partial charge on any atom is -0.478 e. The van der Waals surface area contributed by atoms with Gasteiger partial charge in [0.05, 0.1) is 0 Å². The third kappa shape index (κ3) is 3.12. The van der Waals surface area contributed by atoms with Gasteiger partial charge in [-0.25, -0.2) is 4.79 Å². The predicted octanol–water partition coefficient (Wildman–Crippen LogP) is -1.67. The highest BCUT2D eigenvalue weighted by molar-refractivity contribution is 7.90. The fourth-order valence-corrected chi connectivity index (χ4v) is 0.889. The molecule has 8 heteroatoms. The molecule has 7 nitrogen and oxygen atoms in total. The summed E-state index contributed by atoms with van der Waals surface area (Å²) in [5, 5.41) is 8.04. The maximum absolute atomic E-state index is 10.2. The van der Waals surface area contributed by atoms with E-state index in [1.165, 1.54) is 0 Å². The number of hydrogen-bond acceptors (Lipinski definition) is 4. The van der Waals surface area contributed by atoms with Crippen LogP contribution >= 0.6 is 0 Å². The van der Waals surface area contributed by atoms with Crippen LogP contribution in [0.25, 0.3) is 0 Å². The van der Waals surface area contributed by atoms with Crippen molar-refractivity contribution in [1.29, 1.82) is 0 Å². The zero-order chi connectivity index (χ0) is 9.94. The van der Waals surface area contributed by atoms with Crippen LogP contribution in [0.1, 0.15) is 0 Å². The van der Waals surface area contributed by atoms with Gasteiger partial charge in [0.15, 0.2) is 4.91 Å². The largest absolute Gasteiger partial charge is 0.478 e. The first-order valence-corrected chi connectivity index (χ1v) is 3.91. The van der Waals surface area contributed by atoms with Crippen LogP contribution in [0.2, 0.25) is 0 Å². The Morgan fingerprint density at radius 3 is 1.83 bits per heavy atom. The lowest BCUT2D eigenvalue weighted by molar-refractivity contribution is -0.131. The Morgan fingerprint density at radius 2 is 1.75 bits per heavy atom. The van der Waals surface area contributed by atoms with E-state index in [1.54, 1.807) is 0 Å². The van der Waals surface area contributed by atoms with E-state index >= 15 is 0 Å². The Hall–Kier alpha value is -1.41. The lowest BCUT2D eigenvalue weighted by atomic mass is 10.5. The topological polar surface area (TPSA) is 135 Å². The van der Waals surface area contributed by atoms with Crippen LogP contribution in [0.4, 0.5) is 0 Å². The number of aliphatic carboxylic acids is 1. The average molecular weight is 195 g/mol. The number of carboxylic acid groups (broad SMARTS) is 1. The Kier molecular flexibility index (Phi) is 2.93. The molecular weight excluding hydrogens is 190 g/mol. The van der Waals surface area contributed by atoms with Crippen molar-refractivity contribution in [3.05, 3.63) is 11.0 Å². The number of hydrogen-bond donors (Lipinski definition) is 3. The molecule has 0 aromatic heterocycles. The van der Waals surface area contributed by atoms with E-state index in [9.17, 15) is 18.0 Å². The van der Waals surface area contributed by atoms with Crippen LogP contribution < -0.4 is 5.73 Å². The quantitative estimate of drug-likeness (QED) is 0.364. The van der Waals surface area contributed by atoms with Gasteiger partial charge >= 0.3 is 5.97 Å². The number of carbonyl (C=O) groups is 2. The molecule has 0 heterocycles. The molecule has 0 radical (unpaired) electrons. The minimum atomic E-state index is -4.85. The van der Waals surface area contributed by atoms with Crippen LogP contribution in [0.3, 0.4) is 0 Å². The molecule has 0 bridgehead atoms. The summed E-state index contributed by atoms with van der Waals surface area (Å²) in [4.78, 5) is 18.8. The van der Waals surface area contributed by atoms with E-state index in [4.69, 9.17) is 9.66 Å². The highest BCUT2D eigenvalue weighted by Crippen LogP contribution is 2.01. The molecular formula is C4H5NO6S. The van der Waals surface area contributed by atoms with Crippen molar-refractivity contribution >= 4 is 22.0 Å². The van der Waals surface area contributed by atoms with Crippen LogP contribution in [0, 0.1) is 0 Å². The normalized spacial score (nSPS) is 12.6. The number of carboxylic acids is 1. The van der Waals surface area contributed by atoms with Crippen LogP contribution in [0.5, 0.6) is 0 Å². The molecule has 0 aromatic rings. The number of primary amides is 1. The molecule has 1 amide bonds. The van der Waals surface area contributed by atoms with Gasteiger partial charge in [-0.2, -0.15) is 8.42 Å². The second-order valence-electron chi connectivity index (χ2n) is 1.69. The van der Waals surface area contributed by atoms with Gasteiger partial charge < -0.3 is 10.8 Å². The first-order chi connectivity index (χ1) is 5.25. The van der Waals surface area contributed by atoms with Gasteiger partial charge in [-0.15, -0.1) is 0 Å². The molecule has 4 N–H and O–H groups in total. The lowest BCUT2D eigenvalue weighted by Crippen LogP contribution is -2.21. The Balaban J connectivity index is 5.23. The van der Waals surface area contributed by atoms with E-state index in [1.807, 2.05) is 0 Å². The summed E-state index contributed by atoms with van der Waals surface area (Å²) in [5.74, 6) is -3.22. The van der Waals surface area contributed by atoms with E-state index < -0.39 is 26.9 Å². The summed E-state index contributed by atoms with van der Waals surface area (Å²) >= 11 is 0. The third-order valence-electron chi connectivity index (χ3n) is 0.775. The zero-order valence-electron chi connectivity index (χ0n) is 5.59. The standard InChI is InChI=1S/C4H5NO6S/c5-4(8)2(1-3(6)7)12(9,10)11/h1H,(H2,5,8)(H,6,7)(H,9,10,11)/b2-1+. The zero-order valence-corrected chi connectivity index (χ0v) is 6.41. The summed E-state index contributed by atoms with van der Waals surface area (Å²) in [5.41, 5.74) is 4.46. The summed E-state index contributed by atoms with van der Waals surface area (Å²) < 4.78 is 28.7. The van der Waals surface area contributed by atoms with Crippen molar-refractivity contribution in [2.24, 2.45) is 5.73 Å². The molecule has 0 atom stereocenters. The average Bonchev–Trinajstić information content (AvgIpc) is 1.79. The maximum atomic E-state index is 10.2. The van der Waals surface area contributed by atoms with E-state index in [2.05, 4.69) is 5.73 Å². The molecule has 0 saturated carbocycles. The summed E-state index contributed by atoms with van der Waals surface area (Å²) in [7, 11) is -4.85. The minimum absolute atomic E-state index is 0.0116. The van der Waals surface area contributed by atoms with Crippen molar-refractivity contribution in [3.8, 4) is 0 Å². The molecule has 0 fully saturated rings. The molecule has 0 aliphatic heterocycles. The number of amides is 1. The van der Waals surface area contributed by atoms with Crippen LogP contribution in [-0.4, -0.2) is 30.0 Å². The third-order valence-corrected chi connectivity index (χ3v) is 1.65. The van der Waals surface area contributed by atoms with Gasteiger partial charge in [0.2, 0.25) is 0 Å². The second kappa shape index (κ2) is 3.32. The fourth-order valence-electron chi connectivity index (χ4n) is 0.385. The van der Waals surface area contributed by atoms with Crippen molar-refractivity contribution in [2.45, 2.75) is 0 Å². The highest BCUT2D eigenvalue weighted by atomic mass is 32.2. The van der Waals surface area contributed by atoms with Crippen molar-refractivity contribution in [3.63, 3.8) is 0 Å². The highest BCUT2D eigenvalue weighted by Gasteiger charge is 2.20. The van der Waals surface area contributed by atoms with Gasteiger partial charge in [-0.3, -0.25) is 9.35 Å².